The second-order valence-electron chi connectivity index (χ2n) is 6.92. The summed E-state index contributed by atoms with van der Waals surface area (Å²) in [4.78, 5) is 21.2. The number of pyridine rings is 1. The van der Waals surface area contributed by atoms with Crippen LogP contribution in [0.1, 0.15) is 24.2 Å². The maximum atomic E-state index is 14.5. The molecule has 5 N–H and O–H groups in total. The van der Waals surface area contributed by atoms with Crippen LogP contribution in [0.3, 0.4) is 0 Å². The van der Waals surface area contributed by atoms with Crippen molar-refractivity contribution in [2.75, 3.05) is 16.8 Å². The number of halogens is 1. The summed E-state index contributed by atoms with van der Waals surface area (Å²) in [5.41, 5.74) is 12.1. The van der Waals surface area contributed by atoms with Crippen molar-refractivity contribution in [1.82, 2.24) is 14.5 Å². The first-order valence-electron chi connectivity index (χ1n) is 9.40. The van der Waals surface area contributed by atoms with Crippen molar-refractivity contribution in [3.05, 3.63) is 82.0 Å². The van der Waals surface area contributed by atoms with Crippen LogP contribution in [0.5, 0.6) is 0 Å². The van der Waals surface area contributed by atoms with Gasteiger partial charge in [0.05, 0.1) is 11.4 Å². The number of nitriles is 1. The van der Waals surface area contributed by atoms with E-state index in [1.807, 2.05) is 12.1 Å². The maximum Gasteiger partial charge on any atom is 0.266 e. The number of nitrogen functional groups attached to an aromatic ring is 2. The second-order valence-corrected chi connectivity index (χ2v) is 6.92. The zero-order valence-corrected chi connectivity index (χ0v) is 16.5. The van der Waals surface area contributed by atoms with E-state index in [0.29, 0.717) is 16.8 Å². The molecule has 8 nitrogen and oxygen atoms in total. The molecule has 31 heavy (non-hydrogen) atoms. The molecule has 4 rings (SSSR count). The third kappa shape index (κ3) is 3.51. The smallest absolute Gasteiger partial charge is 0.266 e. The molecule has 2 heterocycles. The Hall–Kier alpha value is -4.45. The monoisotopic (exact) mass is 415 g/mol. The quantitative estimate of drug-likeness (QED) is 0.466. The van der Waals surface area contributed by atoms with Crippen LogP contribution in [0.4, 0.5) is 22.0 Å². The van der Waals surface area contributed by atoms with Crippen LogP contribution in [-0.4, -0.2) is 14.5 Å². The molecule has 0 amide bonds. The molecule has 0 aliphatic carbocycles. The standard InChI is InChI=1S/C22H18FN7O/c1-12(27-20-15(11-24)19(25)28-22(26)29-20)17-10-13-6-5-9-16(23)18(13)21(31)30(17)14-7-3-2-4-8-14/h2-10,12H,1H3,(H5,25,26,27,28,29)/t12-/m0/s1. The summed E-state index contributed by atoms with van der Waals surface area (Å²) in [6.07, 6.45) is 0. The van der Waals surface area contributed by atoms with Gasteiger partial charge in [-0.2, -0.15) is 15.2 Å². The fourth-order valence-electron chi connectivity index (χ4n) is 3.49. The van der Waals surface area contributed by atoms with Gasteiger partial charge in [0.2, 0.25) is 5.95 Å². The molecule has 0 unspecified atom stereocenters. The number of rotatable bonds is 4. The maximum absolute atomic E-state index is 14.5. The van der Waals surface area contributed by atoms with Gasteiger partial charge in [0.15, 0.2) is 5.82 Å². The van der Waals surface area contributed by atoms with Gasteiger partial charge in [-0.15, -0.1) is 0 Å². The number of nitrogens with one attached hydrogen (secondary N) is 1. The first-order valence-corrected chi connectivity index (χ1v) is 9.40. The summed E-state index contributed by atoms with van der Waals surface area (Å²) >= 11 is 0. The molecule has 0 bridgehead atoms. The number of para-hydroxylation sites is 1. The molecule has 0 saturated carbocycles. The summed E-state index contributed by atoms with van der Waals surface area (Å²) in [5.74, 6) is -0.591. The number of nitrogens with zero attached hydrogens (tertiary/aromatic N) is 4. The summed E-state index contributed by atoms with van der Waals surface area (Å²) in [7, 11) is 0. The predicted octanol–water partition coefficient (Wildman–Crippen LogP) is 3.13. The average Bonchev–Trinajstić information content (AvgIpc) is 2.74. The highest BCUT2D eigenvalue weighted by Crippen LogP contribution is 2.27. The number of anilines is 3. The minimum atomic E-state index is -0.595. The van der Waals surface area contributed by atoms with Gasteiger partial charge in [0, 0.05) is 11.4 Å². The highest BCUT2D eigenvalue weighted by Gasteiger charge is 2.20. The third-order valence-electron chi connectivity index (χ3n) is 4.90. The lowest BCUT2D eigenvalue weighted by Gasteiger charge is -2.22. The van der Waals surface area contributed by atoms with E-state index in [-0.39, 0.29) is 28.5 Å². The zero-order chi connectivity index (χ0) is 22.1. The molecule has 1 atom stereocenters. The van der Waals surface area contributed by atoms with Crippen LogP contribution in [0.15, 0.2) is 59.4 Å². The van der Waals surface area contributed by atoms with E-state index in [2.05, 4.69) is 15.3 Å². The van der Waals surface area contributed by atoms with Gasteiger partial charge in [-0.1, -0.05) is 30.3 Å². The molecule has 0 spiro atoms. The number of hydrogen-bond acceptors (Lipinski definition) is 7. The Bertz CT molecular complexity index is 1390. The Morgan fingerprint density at radius 2 is 1.87 bits per heavy atom. The normalized spacial score (nSPS) is 11.8. The van der Waals surface area contributed by atoms with Crippen LogP contribution >= 0.6 is 0 Å². The van der Waals surface area contributed by atoms with E-state index < -0.39 is 17.4 Å². The fraction of sp³-hybridized carbons (Fsp3) is 0.0909. The van der Waals surface area contributed by atoms with E-state index in [9.17, 15) is 14.4 Å². The molecule has 0 fully saturated rings. The minimum absolute atomic E-state index is 0.00413. The molecule has 0 saturated heterocycles. The Morgan fingerprint density at radius 3 is 2.58 bits per heavy atom. The molecule has 4 aromatic rings. The van der Waals surface area contributed by atoms with Gasteiger partial charge >= 0.3 is 0 Å². The molecule has 0 aliphatic heterocycles. The molecule has 2 aromatic heterocycles. The number of fused-ring (bicyclic) bond motifs is 1. The van der Waals surface area contributed by atoms with Crippen LogP contribution in [0.25, 0.3) is 16.5 Å². The SMILES string of the molecule is C[C@H](Nc1nc(N)nc(N)c1C#N)c1cc2cccc(F)c2c(=O)n1-c1ccccc1. The lowest BCUT2D eigenvalue weighted by molar-refractivity contribution is 0.637. The Balaban J connectivity index is 1.94. The summed E-state index contributed by atoms with van der Waals surface area (Å²) in [6, 6.07) is 16.5. The number of hydrogen-bond donors (Lipinski definition) is 3. The van der Waals surface area contributed by atoms with Crippen LogP contribution in [-0.2, 0) is 0 Å². The van der Waals surface area contributed by atoms with Crippen molar-refractivity contribution in [3.8, 4) is 11.8 Å². The fourth-order valence-corrected chi connectivity index (χ4v) is 3.49. The molecule has 0 aliphatic rings. The second kappa shape index (κ2) is 7.76. The first-order chi connectivity index (χ1) is 14.9. The largest absolute Gasteiger partial charge is 0.382 e. The number of benzene rings is 2. The molecule has 154 valence electrons. The van der Waals surface area contributed by atoms with Gasteiger partial charge in [0.1, 0.15) is 23.3 Å². The molecule has 2 aromatic carbocycles. The van der Waals surface area contributed by atoms with Crippen LogP contribution < -0.4 is 22.3 Å². The van der Waals surface area contributed by atoms with Crippen molar-refractivity contribution in [2.45, 2.75) is 13.0 Å². The molecule has 9 heteroatoms. The third-order valence-corrected chi connectivity index (χ3v) is 4.90. The Kier molecular flexibility index (Phi) is 4.97. The molecule has 0 radical (unpaired) electrons. The van der Waals surface area contributed by atoms with Crippen molar-refractivity contribution < 1.29 is 4.39 Å². The van der Waals surface area contributed by atoms with Gasteiger partial charge in [-0.05, 0) is 36.6 Å². The van der Waals surface area contributed by atoms with Gasteiger partial charge < -0.3 is 16.8 Å². The Labute approximate surface area is 176 Å². The van der Waals surface area contributed by atoms with E-state index in [4.69, 9.17) is 11.5 Å². The van der Waals surface area contributed by atoms with E-state index >= 15 is 0 Å². The first kappa shape index (κ1) is 19.8. The van der Waals surface area contributed by atoms with Gasteiger partial charge in [-0.3, -0.25) is 9.36 Å². The summed E-state index contributed by atoms with van der Waals surface area (Å²) in [6.45, 7) is 1.79. The van der Waals surface area contributed by atoms with Crippen molar-refractivity contribution in [3.63, 3.8) is 0 Å². The van der Waals surface area contributed by atoms with E-state index in [0.717, 1.165) is 0 Å². The Morgan fingerprint density at radius 1 is 1.13 bits per heavy atom. The number of nitrogens with two attached hydrogens (primary N) is 2. The van der Waals surface area contributed by atoms with E-state index in [1.165, 1.54) is 10.6 Å². The molecular weight excluding hydrogens is 397 g/mol. The van der Waals surface area contributed by atoms with Crippen molar-refractivity contribution in [1.29, 1.82) is 5.26 Å². The zero-order valence-electron chi connectivity index (χ0n) is 16.5. The molecular formula is C22H18FN7O. The van der Waals surface area contributed by atoms with Crippen molar-refractivity contribution in [2.24, 2.45) is 0 Å². The topological polar surface area (TPSA) is 136 Å². The van der Waals surface area contributed by atoms with Crippen molar-refractivity contribution >= 4 is 28.4 Å². The predicted molar refractivity (Wildman–Crippen MR) is 117 cm³/mol. The summed E-state index contributed by atoms with van der Waals surface area (Å²) < 4.78 is 15.9. The number of aromatic nitrogens is 3. The van der Waals surface area contributed by atoms with Gasteiger partial charge in [-0.25, -0.2) is 4.39 Å². The lowest BCUT2D eigenvalue weighted by Crippen LogP contribution is -2.26. The van der Waals surface area contributed by atoms with E-state index in [1.54, 1.807) is 49.4 Å². The average molecular weight is 415 g/mol. The van der Waals surface area contributed by atoms with Crippen LogP contribution in [0.2, 0.25) is 0 Å². The summed E-state index contributed by atoms with van der Waals surface area (Å²) in [5, 5.41) is 13.0. The van der Waals surface area contributed by atoms with Gasteiger partial charge in [0.25, 0.3) is 5.56 Å². The lowest BCUT2D eigenvalue weighted by atomic mass is 10.1. The highest BCUT2D eigenvalue weighted by molar-refractivity contribution is 5.83. The minimum Gasteiger partial charge on any atom is -0.382 e. The highest BCUT2D eigenvalue weighted by atomic mass is 19.1. The van der Waals surface area contributed by atoms with Crippen LogP contribution in [0, 0.1) is 17.1 Å².